The number of nitrogens with one attached hydrogen (secondary N) is 1. The summed E-state index contributed by atoms with van der Waals surface area (Å²) in [7, 11) is 1.47. The molecule has 0 aromatic carbocycles. The minimum absolute atomic E-state index is 0.0819. The smallest absolute Gasteiger partial charge is 0.311 e. The summed E-state index contributed by atoms with van der Waals surface area (Å²) >= 11 is 1.56. The van der Waals surface area contributed by atoms with E-state index in [4.69, 9.17) is 4.74 Å². The summed E-state index contributed by atoms with van der Waals surface area (Å²) in [5.41, 5.74) is 0.838. The van der Waals surface area contributed by atoms with Gasteiger partial charge in [-0.3, -0.25) is 10.1 Å². The Morgan fingerprint density at radius 1 is 1.38 bits per heavy atom. The molecule has 2 aromatic rings. The number of aryl methyl sites for hydroxylation is 2. The van der Waals surface area contributed by atoms with E-state index in [2.05, 4.69) is 15.3 Å². The van der Waals surface area contributed by atoms with Gasteiger partial charge in [0.25, 0.3) is 0 Å². The number of ether oxygens (including phenoxy) is 1. The molecule has 2 aromatic heterocycles. The van der Waals surface area contributed by atoms with Crippen LogP contribution in [0.1, 0.15) is 28.5 Å². The van der Waals surface area contributed by atoms with Crippen molar-refractivity contribution in [1.82, 2.24) is 9.97 Å². The highest BCUT2D eigenvalue weighted by Gasteiger charge is 2.20. The molecular weight excluding hydrogens is 292 g/mol. The number of anilines is 1. The van der Waals surface area contributed by atoms with Crippen molar-refractivity contribution in [3.63, 3.8) is 0 Å². The number of rotatable bonds is 5. The molecule has 1 atom stereocenters. The number of nitrogens with zero attached hydrogens (tertiary/aromatic N) is 3. The van der Waals surface area contributed by atoms with Crippen LogP contribution >= 0.6 is 11.3 Å². The number of aromatic nitrogens is 2. The highest BCUT2D eigenvalue weighted by Crippen LogP contribution is 2.31. The third kappa shape index (κ3) is 3.27. The van der Waals surface area contributed by atoms with Crippen LogP contribution in [0.4, 0.5) is 11.5 Å². The van der Waals surface area contributed by atoms with Crippen molar-refractivity contribution in [2.75, 3.05) is 12.4 Å². The van der Waals surface area contributed by atoms with Crippen LogP contribution in [0.5, 0.6) is 5.88 Å². The molecule has 7 nitrogen and oxygen atoms in total. The van der Waals surface area contributed by atoms with E-state index in [0.717, 1.165) is 15.6 Å². The maximum absolute atomic E-state index is 11.1. The van der Waals surface area contributed by atoms with E-state index in [0.29, 0.717) is 5.88 Å². The Bertz CT molecular complexity index is 671. The first-order valence-electron chi connectivity index (χ1n) is 6.32. The molecule has 0 saturated carbocycles. The number of pyridine rings is 1. The molecule has 1 unspecified atom stereocenters. The van der Waals surface area contributed by atoms with E-state index >= 15 is 0 Å². The van der Waals surface area contributed by atoms with Crippen LogP contribution in [0.3, 0.4) is 0 Å². The molecule has 0 aliphatic carbocycles. The summed E-state index contributed by atoms with van der Waals surface area (Å²) < 4.78 is 5.02. The van der Waals surface area contributed by atoms with Crippen LogP contribution in [0.25, 0.3) is 0 Å². The number of hydrogen-bond acceptors (Lipinski definition) is 7. The molecule has 0 bridgehead atoms. The highest BCUT2D eigenvalue weighted by molar-refractivity contribution is 7.11. The van der Waals surface area contributed by atoms with Crippen LogP contribution in [0.2, 0.25) is 0 Å². The molecule has 2 heterocycles. The fraction of sp³-hybridized carbons (Fsp3) is 0.385. The molecule has 0 fully saturated rings. The van der Waals surface area contributed by atoms with Gasteiger partial charge in [-0.15, -0.1) is 11.3 Å². The average molecular weight is 308 g/mol. The van der Waals surface area contributed by atoms with Gasteiger partial charge in [0.05, 0.1) is 28.8 Å². The second-order valence-electron chi connectivity index (χ2n) is 4.53. The number of thiazole rings is 1. The molecule has 0 spiro atoms. The Hall–Kier alpha value is -2.22. The van der Waals surface area contributed by atoms with Gasteiger partial charge in [0.2, 0.25) is 11.7 Å². The average Bonchev–Trinajstić information content (AvgIpc) is 2.77. The highest BCUT2D eigenvalue weighted by atomic mass is 32.1. The van der Waals surface area contributed by atoms with Gasteiger partial charge >= 0.3 is 5.69 Å². The first-order chi connectivity index (χ1) is 9.92. The lowest BCUT2D eigenvalue weighted by molar-refractivity contribution is -0.384. The molecule has 0 aliphatic rings. The summed E-state index contributed by atoms with van der Waals surface area (Å²) in [6.07, 6.45) is 0. The molecular formula is C13H16N4O3S. The summed E-state index contributed by atoms with van der Waals surface area (Å²) in [6, 6.07) is 2.72. The molecule has 21 heavy (non-hydrogen) atoms. The monoisotopic (exact) mass is 308 g/mol. The van der Waals surface area contributed by atoms with E-state index in [1.54, 1.807) is 11.3 Å². The summed E-state index contributed by atoms with van der Waals surface area (Å²) in [5, 5.41) is 15.1. The third-order valence-electron chi connectivity index (χ3n) is 2.94. The molecule has 1 N–H and O–H groups in total. The lowest BCUT2D eigenvalue weighted by Crippen LogP contribution is -2.10. The van der Waals surface area contributed by atoms with Gasteiger partial charge in [-0.1, -0.05) is 0 Å². The molecule has 0 amide bonds. The largest absolute Gasteiger partial charge is 0.481 e. The zero-order chi connectivity index (χ0) is 15.6. The van der Waals surface area contributed by atoms with Gasteiger partial charge in [0, 0.05) is 17.0 Å². The second kappa shape index (κ2) is 6.04. The van der Waals surface area contributed by atoms with E-state index in [9.17, 15) is 10.1 Å². The molecule has 0 radical (unpaired) electrons. The van der Waals surface area contributed by atoms with E-state index in [1.165, 1.54) is 19.2 Å². The predicted octanol–water partition coefficient (Wildman–Crippen LogP) is 3.24. The Morgan fingerprint density at radius 2 is 2.10 bits per heavy atom. The number of hydrogen-bond donors (Lipinski definition) is 1. The molecule has 0 aliphatic heterocycles. The second-order valence-corrected chi connectivity index (χ2v) is 5.76. The first-order valence-corrected chi connectivity index (χ1v) is 7.14. The van der Waals surface area contributed by atoms with Crippen LogP contribution < -0.4 is 10.1 Å². The van der Waals surface area contributed by atoms with Crippen LogP contribution in [-0.4, -0.2) is 22.0 Å². The Kier molecular flexibility index (Phi) is 4.37. The summed E-state index contributed by atoms with van der Waals surface area (Å²) in [6.45, 7) is 5.77. The van der Waals surface area contributed by atoms with Gasteiger partial charge in [0.1, 0.15) is 0 Å². The fourth-order valence-electron chi connectivity index (χ4n) is 2.02. The van der Waals surface area contributed by atoms with Crippen molar-refractivity contribution < 1.29 is 9.66 Å². The zero-order valence-corrected chi connectivity index (χ0v) is 13.0. The topological polar surface area (TPSA) is 90.2 Å². The summed E-state index contributed by atoms with van der Waals surface area (Å²) in [4.78, 5) is 20.1. The Labute approximate surface area is 126 Å². The van der Waals surface area contributed by atoms with Crippen molar-refractivity contribution in [2.24, 2.45) is 0 Å². The normalized spacial score (nSPS) is 12.0. The van der Waals surface area contributed by atoms with Gasteiger partial charge < -0.3 is 10.1 Å². The lowest BCUT2D eigenvalue weighted by atomic mass is 10.2. The lowest BCUT2D eigenvalue weighted by Gasteiger charge is -2.14. The molecule has 0 saturated heterocycles. The first kappa shape index (κ1) is 15.2. The third-order valence-corrected chi connectivity index (χ3v) is 4.20. The minimum Gasteiger partial charge on any atom is -0.481 e. The van der Waals surface area contributed by atoms with Gasteiger partial charge in [-0.05, 0) is 20.8 Å². The van der Waals surface area contributed by atoms with E-state index in [-0.39, 0.29) is 17.5 Å². The van der Waals surface area contributed by atoms with Crippen molar-refractivity contribution in [1.29, 1.82) is 0 Å². The number of nitro groups is 1. The maximum atomic E-state index is 11.1. The molecule has 8 heteroatoms. The van der Waals surface area contributed by atoms with Gasteiger partial charge in [-0.2, -0.15) is 4.98 Å². The molecule has 112 valence electrons. The van der Waals surface area contributed by atoms with E-state index < -0.39 is 4.92 Å². The fourth-order valence-corrected chi connectivity index (χ4v) is 2.95. The predicted molar refractivity (Wildman–Crippen MR) is 81.1 cm³/mol. The summed E-state index contributed by atoms with van der Waals surface area (Å²) in [5.74, 6) is 0.518. The number of methoxy groups -OCH3 is 1. The standard InChI is InChI=1S/C13H16N4O3S/c1-7-12(21-9(3)14-7)8(2)15-13-10(17(18)19)5-6-11(16-13)20-4/h5-6,8H,1-4H3,(H,15,16). The van der Waals surface area contributed by atoms with Gasteiger partial charge in [-0.25, -0.2) is 4.98 Å². The zero-order valence-electron chi connectivity index (χ0n) is 12.2. The van der Waals surface area contributed by atoms with Crippen molar-refractivity contribution in [3.8, 4) is 5.88 Å². The van der Waals surface area contributed by atoms with Crippen LogP contribution in [0.15, 0.2) is 12.1 Å². The van der Waals surface area contributed by atoms with Crippen molar-refractivity contribution >= 4 is 22.8 Å². The quantitative estimate of drug-likeness (QED) is 0.673. The van der Waals surface area contributed by atoms with Crippen molar-refractivity contribution in [3.05, 3.63) is 37.8 Å². The van der Waals surface area contributed by atoms with E-state index in [1.807, 2.05) is 20.8 Å². The molecule has 2 rings (SSSR count). The Balaban J connectivity index is 2.33. The van der Waals surface area contributed by atoms with Gasteiger partial charge in [0.15, 0.2) is 0 Å². The van der Waals surface area contributed by atoms with Crippen LogP contribution in [0, 0.1) is 24.0 Å². The SMILES string of the molecule is COc1ccc([N+](=O)[O-])c(NC(C)c2sc(C)nc2C)n1. The van der Waals surface area contributed by atoms with Crippen molar-refractivity contribution in [2.45, 2.75) is 26.8 Å². The maximum Gasteiger partial charge on any atom is 0.311 e. The van der Waals surface area contributed by atoms with Crippen LogP contribution in [-0.2, 0) is 0 Å². The minimum atomic E-state index is -0.466. The Morgan fingerprint density at radius 3 is 2.62 bits per heavy atom.